The highest BCUT2D eigenvalue weighted by atomic mass is 35.5. The third kappa shape index (κ3) is 5.37. The van der Waals surface area contributed by atoms with Crippen LogP contribution in [0.1, 0.15) is 46.9 Å². The van der Waals surface area contributed by atoms with Crippen molar-refractivity contribution in [1.82, 2.24) is 9.88 Å². The maximum atomic E-state index is 13.3. The Bertz CT molecular complexity index is 1400. The summed E-state index contributed by atoms with van der Waals surface area (Å²) in [5, 5.41) is 11.5. The summed E-state index contributed by atoms with van der Waals surface area (Å²) in [7, 11) is 1.40. The zero-order chi connectivity index (χ0) is 27.6. The van der Waals surface area contributed by atoms with E-state index in [1.807, 2.05) is 0 Å². The van der Waals surface area contributed by atoms with E-state index in [1.54, 1.807) is 56.4 Å². The molecule has 1 saturated heterocycles. The molecule has 3 aromatic rings. The number of aromatic nitrogens is 1. The molecule has 1 aliphatic heterocycles. The van der Waals surface area contributed by atoms with E-state index in [0.717, 1.165) is 0 Å². The number of amides is 1. The van der Waals surface area contributed by atoms with Gasteiger partial charge in [0.15, 0.2) is 5.75 Å². The Labute approximate surface area is 229 Å². The quantitative estimate of drug-likeness (QED) is 0.176. The summed E-state index contributed by atoms with van der Waals surface area (Å²) in [6.07, 6.45) is 2.83. The molecule has 38 heavy (non-hydrogen) atoms. The fourth-order valence-electron chi connectivity index (χ4n) is 4.20. The number of halogens is 2. The number of hydrogen-bond acceptors (Lipinski definition) is 7. The molecule has 1 fully saturated rings. The third-order valence-corrected chi connectivity index (χ3v) is 6.46. The highest BCUT2D eigenvalue weighted by Crippen LogP contribution is 2.42. The number of benzene rings is 2. The number of likely N-dealkylation sites (tertiary alicyclic amines) is 1. The van der Waals surface area contributed by atoms with Crippen LogP contribution in [-0.2, 0) is 20.9 Å². The van der Waals surface area contributed by atoms with Gasteiger partial charge in [0.25, 0.3) is 11.7 Å². The summed E-state index contributed by atoms with van der Waals surface area (Å²) in [6.45, 7) is 3.55. The molecular weight excluding hydrogens is 531 g/mol. The van der Waals surface area contributed by atoms with Crippen molar-refractivity contribution in [3.05, 3.63) is 98.8 Å². The second-order valence-corrected chi connectivity index (χ2v) is 9.65. The van der Waals surface area contributed by atoms with Crippen molar-refractivity contribution in [3.63, 3.8) is 0 Å². The van der Waals surface area contributed by atoms with Crippen molar-refractivity contribution in [1.29, 1.82) is 0 Å². The van der Waals surface area contributed by atoms with Crippen molar-refractivity contribution in [3.8, 4) is 5.75 Å². The zero-order valence-electron chi connectivity index (χ0n) is 20.8. The number of methoxy groups -OCH3 is 1. The Morgan fingerprint density at radius 3 is 2.29 bits per heavy atom. The van der Waals surface area contributed by atoms with Crippen LogP contribution in [-0.4, -0.2) is 45.9 Å². The largest absolute Gasteiger partial charge is 0.507 e. The maximum Gasteiger partial charge on any atom is 0.338 e. The van der Waals surface area contributed by atoms with Crippen LogP contribution in [0.4, 0.5) is 0 Å². The van der Waals surface area contributed by atoms with Gasteiger partial charge >= 0.3 is 5.97 Å². The number of pyridine rings is 1. The maximum absolute atomic E-state index is 13.3. The van der Waals surface area contributed by atoms with Crippen LogP contribution in [0.3, 0.4) is 0 Å². The molecule has 0 bridgehead atoms. The van der Waals surface area contributed by atoms with Crippen LogP contribution in [0.25, 0.3) is 5.76 Å². The smallest absolute Gasteiger partial charge is 0.338 e. The van der Waals surface area contributed by atoms with Crippen molar-refractivity contribution in [2.45, 2.75) is 32.5 Å². The minimum absolute atomic E-state index is 0.0323. The topological polar surface area (TPSA) is 106 Å². The molecule has 2 heterocycles. The number of carbonyl (C=O) groups excluding carboxylic acids is 3. The van der Waals surface area contributed by atoms with Crippen LogP contribution >= 0.6 is 23.2 Å². The Kier molecular flexibility index (Phi) is 8.04. The molecule has 1 unspecified atom stereocenters. The fraction of sp³-hybridized carbons (Fsp3) is 0.214. The molecule has 1 atom stereocenters. The number of rotatable bonds is 7. The molecule has 1 amide bonds. The molecule has 0 spiro atoms. The number of esters is 1. The van der Waals surface area contributed by atoms with Gasteiger partial charge in [0.05, 0.1) is 40.4 Å². The first kappa shape index (κ1) is 27.2. The Hall–Kier alpha value is -3.88. The van der Waals surface area contributed by atoms with Crippen molar-refractivity contribution >= 4 is 46.6 Å². The molecule has 1 aliphatic rings. The van der Waals surface area contributed by atoms with Gasteiger partial charge < -0.3 is 19.5 Å². The highest BCUT2D eigenvalue weighted by Gasteiger charge is 2.46. The summed E-state index contributed by atoms with van der Waals surface area (Å²) in [5.74, 6) is -2.34. The third-order valence-electron chi connectivity index (χ3n) is 5.90. The number of ketones is 1. The molecule has 1 aromatic heterocycles. The summed E-state index contributed by atoms with van der Waals surface area (Å²) in [4.78, 5) is 44.2. The number of hydrogen-bond donors (Lipinski definition) is 1. The molecule has 10 heteroatoms. The number of aliphatic hydroxyl groups excluding tert-OH is 1. The molecule has 0 saturated carbocycles. The van der Waals surface area contributed by atoms with Crippen LogP contribution in [0.15, 0.2) is 66.5 Å². The van der Waals surface area contributed by atoms with Gasteiger partial charge in [-0.05, 0) is 55.3 Å². The lowest BCUT2D eigenvalue weighted by molar-refractivity contribution is -0.140. The zero-order valence-corrected chi connectivity index (χ0v) is 22.3. The minimum Gasteiger partial charge on any atom is -0.507 e. The Morgan fingerprint density at radius 1 is 1.08 bits per heavy atom. The van der Waals surface area contributed by atoms with Gasteiger partial charge in [-0.15, -0.1) is 0 Å². The Morgan fingerprint density at radius 2 is 1.74 bits per heavy atom. The fourth-order valence-corrected chi connectivity index (χ4v) is 4.84. The van der Waals surface area contributed by atoms with Crippen LogP contribution in [0, 0.1) is 0 Å². The van der Waals surface area contributed by atoms with E-state index in [9.17, 15) is 19.5 Å². The number of carbonyl (C=O) groups is 3. The molecule has 2 aromatic carbocycles. The average molecular weight is 555 g/mol. The van der Waals surface area contributed by atoms with E-state index >= 15 is 0 Å². The van der Waals surface area contributed by atoms with Crippen molar-refractivity contribution in [2.75, 3.05) is 7.11 Å². The number of aliphatic hydroxyl groups is 1. The predicted molar refractivity (Wildman–Crippen MR) is 142 cm³/mol. The van der Waals surface area contributed by atoms with Gasteiger partial charge in [-0.1, -0.05) is 41.4 Å². The number of Topliss-reactive ketones (excluding diaryl/α,β-unsaturated/α-hetero) is 1. The highest BCUT2D eigenvalue weighted by molar-refractivity contribution is 6.46. The van der Waals surface area contributed by atoms with E-state index in [2.05, 4.69) is 4.98 Å². The Balaban J connectivity index is 1.76. The lowest BCUT2D eigenvalue weighted by atomic mass is 9.96. The lowest BCUT2D eigenvalue weighted by Gasteiger charge is -2.25. The van der Waals surface area contributed by atoms with Crippen molar-refractivity contribution < 1.29 is 29.0 Å². The molecule has 0 radical (unpaired) electrons. The first-order valence-corrected chi connectivity index (χ1v) is 12.4. The monoisotopic (exact) mass is 554 g/mol. The van der Waals surface area contributed by atoms with Crippen molar-refractivity contribution in [2.24, 2.45) is 0 Å². The standard InChI is InChI=1S/C28H24Cl2N2O6/c1-15(2)38-28(36)17-8-6-16(7-9-17)14-32-23(18-5-4-10-31-13-18)22(25(34)27(32)35)24(33)19-11-20(29)26(37-3)21(30)12-19/h4-13,15,23,33H,14H2,1-3H3/b24-22+. The summed E-state index contributed by atoms with van der Waals surface area (Å²) in [5.41, 5.74) is 1.58. The van der Waals surface area contributed by atoms with Gasteiger partial charge in [0.2, 0.25) is 0 Å². The lowest BCUT2D eigenvalue weighted by Crippen LogP contribution is -2.29. The first-order valence-electron chi connectivity index (χ1n) is 11.6. The number of ether oxygens (including phenoxy) is 2. The predicted octanol–water partition coefficient (Wildman–Crippen LogP) is 5.58. The molecular formula is C28H24Cl2N2O6. The molecule has 4 rings (SSSR count). The SMILES string of the molecule is COc1c(Cl)cc(/C(O)=C2\C(=O)C(=O)N(Cc3ccc(C(=O)OC(C)C)cc3)C2c2cccnc2)cc1Cl. The van der Waals surface area contributed by atoms with E-state index in [-0.39, 0.29) is 39.6 Å². The summed E-state index contributed by atoms with van der Waals surface area (Å²) >= 11 is 12.5. The molecule has 196 valence electrons. The molecule has 1 N–H and O–H groups in total. The van der Waals surface area contributed by atoms with Gasteiger partial charge in [0, 0.05) is 24.5 Å². The van der Waals surface area contributed by atoms with E-state index in [1.165, 1.54) is 30.3 Å². The minimum atomic E-state index is -0.936. The second kappa shape index (κ2) is 11.2. The van der Waals surface area contributed by atoms with E-state index in [4.69, 9.17) is 32.7 Å². The van der Waals surface area contributed by atoms with E-state index < -0.39 is 29.5 Å². The second-order valence-electron chi connectivity index (χ2n) is 8.84. The van der Waals surface area contributed by atoms with Gasteiger partial charge in [-0.25, -0.2) is 4.79 Å². The van der Waals surface area contributed by atoms with Gasteiger partial charge in [-0.3, -0.25) is 14.6 Å². The summed E-state index contributed by atoms with van der Waals surface area (Å²) < 4.78 is 10.4. The number of nitrogens with zero attached hydrogens (tertiary/aromatic N) is 2. The average Bonchev–Trinajstić information content (AvgIpc) is 3.13. The molecule has 0 aliphatic carbocycles. The van der Waals surface area contributed by atoms with Crippen LogP contribution in [0.2, 0.25) is 10.0 Å². The van der Waals surface area contributed by atoms with Crippen LogP contribution < -0.4 is 4.74 Å². The van der Waals surface area contributed by atoms with E-state index in [0.29, 0.717) is 16.7 Å². The van der Waals surface area contributed by atoms with Gasteiger partial charge in [-0.2, -0.15) is 0 Å². The van der Waals surface area contributed by atoms with Gasteiger partial charge in [0.1, 0.15) is 5.76 Å². The first-order chi connectivity index (χ1) is 18.1. The summed E-state index contributed by atoms with van der Waals surface area (Å²) in [6, 6.07) is 11.8. The van der Waals surface area contributed by atoms with Crippen LogP contribution in [0.5, 0.6) is 5.75 Å². The normalized spacial score (nSPS) is 16.7. The molecule has 8 nitrogen and oxygen atoms in total.